The molecule has 0 spiro atoms. The zero-order valence-corrected chi connectivity index (χ0v) is 15.9. The Labute approximate surface area is 162 Å². The van der Waals surface area contributed by atoms with Gasteiger partial charge in [-0.15, -0.1) is 0 Å². The van der Waals surface area contributed by atoms with E-state index in [4.69, 9.17) is 13.9 Å². The van der Waals surface area contributed by atoms with Crippen molar-refractivity contribution in [1.82, 2.24) is 0 Å². The second kappa shape index (κ2) is 7.38. The van der Waals surface area contributed by atoms with Crippen molar-refractivity contribution in [2.75, 3.05) is 18.7 Å². The van der Waals surface area contributed by atoms with E-state index in [1.807, 2.05) is 29.2 Å². The molecule has 0 unspecified atom stereocenters. The molecule has 2 heterocycles. The van der Waals surface area contributed by atoms with E-state index >= 15 is 0 Å². The highest BCUT2D eigenvalue weighted by Gasteiger charge is 2.25. The van der Waals surface area contributed by atoms with Crippen molar-refractivity contribution in [2.45, 2.75) is 26.3 Å². The maximum absolute atomic E-state index is 12.1. The van der Waals surface area contributed by atoms with Crippen molar-refractivity contribution < 1.29 is 18.7 Å². The topological polar surface area (TPSA) is 69.0 Å². The number of aryl methyl sites for hydroxylation is 1. The summed E-state index contributed by atoms with van der Waals surface area (Å²) in [5, 5.41) is 0.923. The van der Waals surface area contributed by atoms with Gasteiger partial charge in [0.05, 0.1) is 30.5 Å². The van der Waals surface area contributed by atoms with Gasteiger partial charge in [-0.1, -0.05) is 25.5 Å². The molecule has 0 fully saturated rings. The van der Waals surface area contributed by atoms with E-state index in [2.05, 4.69) is 6.92 Å². The summed E-state index contributed by atoms with van der Waals surface area (Å²) in [7, 11) is 1.36. The van der Waals surface area contributed by atoms with Gasteiger partial charge in [-0.3, -0.25) is 0 Å². The average molecular weight is 379 g/mol. The van der Waals surface area contributed by atoms with Crippen LogP contribution in [0.3, 0.4) is 0 Å². The summed E-state index contributed by atoms with van der Waals surface area (Å²) >= 11 is 0. The fourth-order valence-corrected chi connectivity index (χ4v) is 3.66. The molecule has 28 heavy (non-hydrogen) atoms. The maximum Gasteiger partial charge on any atom is 0.339 e. The minimum absolute atomic E-state index is 0.283. The van der Waals surface area contributed by atoms with E-state index in [0.717, 1.165) is 29.4 Å². The third-order valence-corrected chi connectivity index (χ3v) is 4.95. The summed E-state index contributed by atoms with van der Waals surface area (Å²) in [6.45, 7) is 2.82. The highest BCUT2D eigenvalue weighted by molar-refractivity contribution is 5.96. The van der Waals surface area contributed by atoms with Gasteiger partial charge in [0.15, 0.2) is 6.73 Å². The first-order chi connectivity index (χ1) is 13.6. The quantitative estimate of drug-likeness (QED) is 0.506. The van der Waals surface area contributed by atoms with Gasteiger partial charge in [-0.05, 0) is 36.2 Å². The van der Waals surface area contributed by atoms with Gasteiger partial charge in [0.2, 0.25) is 0 Å². The number of esters is 1. The second-order valence-corrected chi connectivity index (χ2v) is 6.74. The molecule has 3 aromatic rings. The first-order valence-electron chi connectivity index (χ1n) is 9.26. The summed E-state index contributed by atoms with van der Waals surface area (Å²) < 4.78 is 16.4. The van der Waals surface area contributed by atoms with Gasteiger partial charge in [0, 0.05) is 11.5 Å². The van der Waals surface area contributed by atoms with Crippen molar-refractivity contribution in [2.24, 2.45) is 0 Å². The van der Waals surface area contributed by atoms with Gasteiger partial charge >= 0.3 is 11.6 Å². The van der Waals surface area contributed by atoms with Crippen molar-refractivity contribution in [3.05, 3.63) is 69.6 Å². The van der Waals surface area contributed by atoms with Crippen molar-refractivity contribution in [1.29, 1.82) is 0 Å². The number of ether oxygens (including phenoxy) is 2. The molecule has 0 saturated carbocycles. The number of carbonyl (C=O) groups is 1. The number of rotatable bonds is 4. The Morgan fingerprint density at radius 2 is 2.04 bits per heavy atom. The number of methoxy groups -OCH3 is 1. The fourth-order valence-electron chi connectivity index (χ4n) is 3.66. The van der Waals surface area contributed by atoms with Crippen molar-refractivity contribution in [3.63, 3.8) is 0 Å². The van der Waals surface area contributed by atoms with E-state index in [-0.39, 0.29) is 12.4 Å². The molecule has 0 saturated heterocycles. The van der Waals surface area contributed by atoms with Crippen LogP contribution in [-0.4, -0.2) is 19.8 Å². The zero-order chi connectivity index (χ0) is 19.7. The van der Waals surface area contributed by atoms with E-state index in [1.165, 1.54) is 7.11 Å². The van der Waals surface area contributed by atoms with Gasteiger partial charge in [0.1, 0.15) is 11.3 Å². The molecule has 0 amide bonds. The zero-order valence-electron chi connectivity index (χ0n) is 15.9. The molecule has 144 valence electrons. The van der Waals surface area contributed by atoms with Crippen LogP contribution in [0.25, 0.3) is 11.0 Å². The first-order valence-corrected chi connectivity index (χ1v) is 9.26. The monoisotopic (exact) mass is 379 g/mol. The van der Waals surface area contributed by atoms with Gasteiger partial charge in [-0.2, -0.15) is 0 Å². The van der Waals surface area contributed by atoms with E-state index in [9.17, 15) is 9.59 Å². The largest absolute Gasteiger partial charge is 0.473 e. The molecule has 0 bridgehead atoms. The number of para-hydroxylation sites is 1. The summed E-state index contributed by atoms with van der Waals surface area (Å²) in [5.41, 5.74) is 3.14. The van der Waals surface area contributed by atoms with Crippen LogP contribution in [0.15, 0.2) is 51.7 Å². The van der Waals surface area contributed by atoms with E-state index in [0.29, 0.717) is 29.1 Å². The fraction of sp³-hybridized carbons (Fsp3) is 0.273. The lowest BCUT2D eigenvalue weighted by Gasteiger charge is -2.32. The predicted octanol–water partition coefficient (Wildman–Crippen LogP) is 3.89. The Kier molecular flexibility index (Phi) is 4.77. The molecule has 0 N–H and O–H groups in total. The SMILES string of the molecule is CCCc1cc(=O)oc2c3c(ccc12)OCN(c1ccccc1C(=O)OC)C3. The normalized spacial score (nSPS) is 13.1. The van der Waals surface area contributed by atoms with Crippen molar-refractivity contribution >= 4 is 22.6 Å². The Balaban J connectivity index is 1.82. The highest BCUT2D eigenvalue weighted by atomic mass is 16.5. The standard InChI is InChI=1S/C22H21NO5/c1-3-6-14-11-20(24)28-21-15(14)9-10-19-17(21)12-23(13-27-19)18-8-5-4-7-16(18)22(25)26-2/h4-5,7-11H,3,6,12-13H2,1-2H3. The molecule has 0 atom stereocenters. The molecule has 1 aliphatic rings. The Hall–Kier alpha value is -3.28. The van der Waals surface area contributed by atoms with E-state index < -0.39 is 5.97 Å². The summed E-state index contributed by atoms with van der Waals surface area (Å²) in [4.78, 5) is 26.2. The van der Waals surface area contributed by atoms with Crippen LogP contribution in [-0.2, 0) is 17.7 Å². The third-order valence-electron chi connectivity index (χ3n) is 4.95. The molecule has 0 radical (unpaired) electrons. The molecule has 6 heteroatoms. The number of nitrogens with zero attached hydrogens (tertiary/aromatic N) is 1. The third kappa shape index (κ3) is 3.11. The van der Waals surface area contributed by atoms with Gasteiger partial charge < -0.3 is 18.8 Å². The second-order valence-electron chi connectivity index (χ2n) is 6.74. The molecule has 0 aliphatic carbocycles. The summed E-state index contributed by atoms with van der Waals surface area (Å²) in [6.07, 6.45) is 1.74. The first kappa shape index (κ1) is 18.1. The summed E-state index contributed by atoms with van der Waals surface area (Å²) in [6, 6.07) is 12.6. The molecule has 1 aromatic heterocycles. The molecule has 1 aliphatic heterocycles. The lowest BCUT2D eigenvalue weighted by Crippen LogP contribution is -2.33. The van der Waals surface area contributed by atoms with Crippen LogP contribution in [0.4, 0.5) is 5.69 Å². The Morgan fingerprint density at radius 1 is 1.21 bits per heavy atom. The minimum Gasteiger partial charge on any atom is -0.473 e. The number of fused-ring (bicyclic) bond motifs is 3. The highest BCUT2D eigenvalue weighted by Crippen LogP contribution is 2.35. The van der Waals surface area contributed by atoms with Gasteiger partial charge in [0.25, 0.3) is 0 Å². The van der Waals surface area contributed by atoms with Crippen molar-refractivity contribution in [3.8, 4) is 5.75 Å². The number of benzene rings is 2. The Bertz CT molecular complexity index is 1100. The number of hydrogen-bond acceptors (Lipinski definition) is 6. The average Bonchev–Trinajstić information content (AvgIpc) is 2.73. The van der Waals surface area contributed by atoms with E-state index in [1.54, 1.807) is 18.2 Å². The van der Waals surface area contributed by atoms with Crippen LogP contribution in [0.2, 0.25) is 0 Å². The van der Waals surface area contributed by atoms with Crippen LogP contribution in [0.1, 0.15) is 34.8 Å². The van der Waals surface area contributed by atoms with Crippen LogP contribution in [0.5, 0.6) is 5.75 Å². The van der Waals surface area contributed by atoms with Gasteiger partial charge in [-0.25, -0.2) is 9.59 Å². The maximum atomic E-state index is 12.1. The smallest absolute Gasteiger partial charge is 0.339 e. The number of anilines is 1. The van der Waals surface area contributed by atoms with Crippen LogP contribution >= 0.6 is 0 Å². The minimum atomic E-state index is -0.406. The molecular weight excluding hydrogens is 358 g/mol. The molecule has 2 aromatic carbocycles. The van der Waals surface area contributed by atoms with Crippen LogP contribution in [0, 0.1) is 0 Å². The number of carbonyl (C=O) groups excluding carboxylic acids is 1. The lowest BCUT2D eigenvalue weighted by molar-refractivity contribution is 0.0601. The summed E-state index contributed by atoms with van der Waals surface area (Å²) in [5.74, 6) is 0.284. The number of hydrogen-bond donors (Lipinski definition) is 0. The lowest BCUT2D eigenvalue weighted by atomic mass is 10.0. The predicted molar refractivity (Wildman–Crippen MR) is 106 cm³/mol. The molecule has 4 rings (SSSR count). The molecule has 6 nitrogen and oxygen atoms in total. The van der Waals surface area contributed by atoms with Crippen LogP contribution < -0.4 is 15.3 Å². The Morgan fingerprint density at radius 3 is 2.82 bits per heavy atom. The molecular formula is C22H21NO5.